The molecular weight excluding hydrogens is 372 g/mol. The monoisotopic (exact) mass is 401 g/mol. The van der Waals surface area contributed by atoms with Gasteiger partial charge in [-0.3, -0.25) is 4.99 Å². The summed E-state index contributed by atoms with van der Waals surface area (Å²) in [6.45, 7) is 7.91. The van der Waals surface area contributed by atoms with E-state index in [0.717, 1.165) is 51.0 Å². The summed E-state index contributed by atoms with van der Waals surface area (Å²) >= 11 is 1.95. The van der Waals surface area contributed by atoms with Crippen LogP contribution in [0.5, 0.6) is 5.75 Å². The molecule has 0 unspecified atom stereocenters. The molecule has 27 heavy (non-hydrogen) atoms. The van der Waals surface area contributed by atoms with Gasteiger partial charge in [0.15, 0.2) is 17.5 Å². The molecule has 1 aromatic carbocycles. The second-order valence-corrected chi connectivity index (χ2v) is 8.01. The first kappa shape index (κ1) is 21.8. The zero-order chi connectivity index (χ0) is 19.5. The summed E-state index contributed by atoms with van der Waals surface area (Å²) in [5.41, 5.74) is 0. The Morgan fingerprint density at radius 3 is 2.70 bits per heavy atom. The highest BCUT2D eigenvalue weighted by atomic mass is 32.2. The number of nitrogens with one attached hydrogen (secondary N) is 2. The quantitative estimate of drug-likeness (QED) is 0.378. The van der Waals surface area contributed by atoms with Crippen LogP contribution >= 0.6 is 11.8 Å². The Kier molecular flexibility index (Phi) is 9.14. The summed E-state index contributed by atoms with van der Waals surface area (Å²) < 4.78 is 37.5. The van der Waals surface area contributed by atoms with E-state index in [9.17, 15) is 8.78 Å². The van der Waals surface area contributed by atoms with Crippen molar-refractivity contribution in [1.82, 2.24) is 10.6 Å². The Labute approximate surface area is 164 Å². The van der Waals surface area contributed by atoms with Crippen molar-refractivity contribution in [3.63, 3.8) is 0 Å². The lowest BCUT2D eigenvalue weighted by atomic mass is 9.99. The Balaban J connectivity index is 1.85. The molecule has 1 aromatic rings. The molecule has 0 saturated carbocycles. The van der Waals surface area contributed by atoms with Crippen LogP contribution in [0.15, 0.2) is 23.2 Å². The number of rotatable bonds is 9. The summed E-state index contributed by atoms with van der Waals surface area (Å²) in [7, 11) is 0. The third-order valence-electron chi connectivity index (χ3n) is 4.27. The van der Waals surface area contributed by atoms with E-state index >= 15 is 0 Å². The topological polar surface area (TPSA) is 54.9 Å². The average Bonchev–Trinajstić information content (AvgIpc) is 2.65. The minimum absolute atomic E-state index is 0.0423. The zero-order valence-corrected chi connectivity index (χ0v) is 16.8. The fourth-order valence-electron chi connectivity index (χ4n) is 2.89. The predicted molar refractivity (Wildman–Crippen MR) is 107 cm³/mol. The predicted octanol–water partition coefficient (Wildman–Crippen LogP) is 3.20. The Hall–Kier alpha value is -1.54. The molecule has 0 amide bonds. The molecule has 0 spiro atoms. The molecule has 0 aliphatic carbocycles. The minimum Gasteiger partial charge on any atom is -0.489 e. The molecule has 0 bridgehead atoms. The van der Waals surface area contributed by atoms with Crippen LogP contribution in [0.25, 0.3) is 0 Å². The fraction of sp³-hybridized carbons (Fsp3) is 0.632. The second-order valence-electron chi connectivity index (χ2n) is 6.27. The van der Waals surface area contributed by atoms with Gasteiger partial charge in [0.1, 0.15) is 12.4 Å². The minimum atomic E-state index is -0.700. The van der Waals surface area contributed by atoms with Crippen LogP contribution in [0.2, 0.25) is 0 Å². The first-order valence-corrected chi connectivity index (χ1v) is 10.4. The maximum absolute atomic E-state index is 13.6. The highest BCUT2D eigenvalue weighted by Gasteiger charge is 2.32. The normalized spacial score (nSPS) is 16.8. The lowest BCUT2D eigenvalue weighted by molar-refractivity contribution is 0.0793. The molecule has 2 N–H and O–H groups in total. The van der Waals surface area contributed by atoms with Crippen molar-refractivity contribution in [1.29, 1.82) is 0 Å². The molecule has 1 saturated heterocycles. The lowest BCUT2D eigenvalue weighted by Gasteiger charge is -2.35. The summed E-state index contributed by atoms with van der Waals surface area (Å²) in [5.74, 6) is 0.486. The molecule has 1 aliphatic rings. The van der Waals surface area contributed by atoms with Crippen molar-refractivity contribution in [2.75, 3.05) is 45.2 Å². The van der Waals surface area contributed by atoms with E-state index in [1.807, 2.05) is 18.7 Å². The van der Waals surface area contributed by atoms with Gasteiger partial charge in [-0.2, -0.15) is 11.8 Å². The fourth-order valence-corrected chi connectivity index (χ4v) is 4.11. The number of nitrogens with zero attached hydrogens (tertiary/aromatic N) is 1. The van der Waals surface area contributed by atoms with Gasteiger partial charge in [-0.1, -0.05) is 6.92 Å². The van der Waals surface area contributed by atoms with Crippen molar-refractivity contribution in [3.05, 3.63) is 29.8 Å². The van der Waals surface area contributed by atoms with E-state index in [0.29, 0.717) is 12.5 Å². The van der Waals surface area contributed by atoms with Crippen molar-refractivity contribution >= 4 is 17.7 Å². The molecule has 0 aromatic heterocycles. The number of benzene rings is 1. The van der Waals surface area contributed by atoms with Gasteiger partial charge in [0, 0.05) is 30.6 Å². The third kappa shape index (κ3) is 7.18. The summed E-state index contributed by atoms with van der Waals surface area (Å²) in [6.07, 6.45) is 2.00. The van der Waals surface area contributed by atoms with Crippen LogP contribution in [0.1, 0.15) is 26.7 Å². The average molecular weight is 402 g/mol. The molecule has 152 valence electrons. The van der Waals surface area contributed by atoms with Crippen LogP contribution in [0.4, 0.5) is 8.78 Å². The van der Waals surface area contributed by atoms with Crippen LogP contribution < -0.4 is 15.4 Å². The maximum atomic E-state index is 13.6. The van der Waals surface area contributed by atoms with E-state index in [1.165, 1.54) is 12.1 Å². The zero-order valence-electron chi connectivity index (χ0n) is 16.0. The van der Waals surface area contributed by atoms with Crippen molar-refractivity contribution < 1.29 is 18.3 Å². The number of guanidine groups is 1. The van der Waals surface area contributed by atoms with E-state index in [4.69, 9.17) is 14.5 Å². The van der Waals surface area contributed by atoms with Crippen molar-refractivity contribution in [2.24, 2.45) is 4.99 Å². The van der Waals surface area contributed by atoms with Gasteiger partial charge in [-0.15, -0.1) is 0 Å². The van der Waals surface area contributed by atoms with Gasteiger partial charge in [-0.25, -0.2) is 8.78 Å². The number of ether oxygens (including phenoxy) is 2. The number of aliphatic imine (C=N–C) groups is 1. The molecule has 1 heterocycles. The van der Waals surface area contributed by atoms with Gasteiger partial charge >= 0.3 is 0 Å². The first-order chi connectivity index (χ1) is 13.1. The number of hydrogen-bond acceptors (Lipinski definition) is 4. The van der Waals surface area contributed by atoms with Gasteiger partial charge < -0.3 is 20.1 Å². The van der Waals surface area contributed by atoms with Crippen LogP contribution in [-0.2, 0) is 4.74 Å². The van der Waals surface area contributed by atoms with Crippen molar-refractivity contribution in [3.8, 4) is 5.75 Å². The summed E-state index contributed by atoms with van der Waals surface area (Å²) in [5, 5.41) is 6.42. The number of halogens is 2. The number of thioether (sulfide) groups is 1. The van der Waals surface area contributed by atoms with Crippen molar-refractivity contribution in [2.45, 2.75) is 31.4 Å². The van der Waals surface area contributed by atoms with Gasteiger partial charge in [0.05, 0.1) is 13.1 Å². The molecule has 1 aliphatic heterocycles. The van der Waals surface area contributed by atoms with E-state index < -0.39 is 11.6 Å². The highest BCUT2D eigenvalue weighted by molar-refractivity contribution is 8.00. The van der Waals surface area contributed by atoms with Crippen LogP contribution in [-0.4, -0.2) is 55.9 Å². The third-order valence-corrected chi connectivity index (χ3v) is 5.71. The lowest BCUT2D eigenvalue weighted by Crippen LogP contribution is -2.42. The molecule has 0 atom stereocenters. The Morgan fingerprint density at radius 1 is 1.26 bits per heavy atom. The van der Waals surface area contributed by atoms with Gasteiger partial charge in [-0.05, 0) is 37.7 Å². The smallest absolute Gasteiger partial charge is 0.191 e. The van der Waals surface area contributed by atoms with Gasteiger partial charge in [0.2, 0.25) is 0 Å². The standard InChI is InChI=1S/C19H29F2N3O2S/c1-3-22-18(24-14-19(27-4-2)7-10-25-11-8-19)23-9-12-26-17-6-5-15(20)13-16(17)21/h5-6,13H,3-4,7-12,14H2,1-2H3,(H2,22,23,24). The molecule has 1 fully saturated rings. The van der Waals surface area contributed by atoms with Gasteiger partial charge in [0.25, 0.3) is 0 Å². The first-order valence-electron chi connectivity index (χ1n) is 9.40. The Bertz CT molecular complexity index is 605. The molecule has 2 rings (SSSR count). The number of hydrogen-bond donors (Lipinski definition) is 2. The largest absolute Gasteiger partial charge is 0.489 e. The highest BCUT2D eigenvalue weighted by Crippen LogP contribution is 2.35. The molecular formula is C19H29F2N3O2S. The Morgan fingerprint density at radius 2 is 2.04 bits per heavy atom. The van der Waals surface area contributed by atoms with E-state index in [1.54, 1.807) is 0 Å². The van der Waals surface area contributed by atoms with E-state index in [2.05, 4.69) is 17.6 Å². The van der Waals surface area contributed by atoms with E-state index in [-0.39, 0.29) is 17.1 Å². The molecule has 0 radical (unpaired) electrons. The SMILES string of the molecule is CCNC(=NCC1(SCC)CCOCC1)NCCOc1ccc(F)cc1F. The second kappa shape index (κ2) is 11.3. The maximum Gasteiger partial charge on any atom is 0.191 e. The molecule has 5 nitrogen and oxygen atoms in total. The van der Waals surface area contributed by atoms with Crippen LogP contribution in [0.3, 0.4) is 0 Å². The summed E-state index contributed by atoms with van der Waals surface area (Å²) in [6, 6.07) is 3.28. The van der Waals surface area contributed by atoms with Crippen LogP contribution in [0, 0.1) is 11.6 Å². The summed E-state index contributed by atoms with van der Waals surface area (Å²) in [4.78, 5) is 4.74. The molecule has 8 heteroatoms.